The molecule has 5 nitrogen and oxygen atoms in total. The van der Waals surface area contributed by atoms with E-state index < -0.39 is 5.97 Å². The number of nitrogens with zero attached hydrogens (tertiary/aromatic N) is 1. The van der Waals surface area contributed by atoms with Crippen LogP contribution in [0.5, 0.6) is 0 Å². The van der Waals surface area contributed by atoms with Crippen molar-refractivity contribution >= 4 is 34.4 Å². The molecule has 0 spiro atoms. The molecule has 0 bridgehead atoms. The summed E-state index contributed by atoms with van der Waals surface area (Å²) >= 11 is 5.99. The van der Waals surface area contributed by atoms with E-state index in [1.165, 1.54) is 6.92 Å². The van der Waals surface area contributed by atoms with Crippen LogP contribution in [0.15, 0.2) is 18.2 Å². The number of nitrogens with one attached hydrogen (secondary N) is 1. The van der Waals surface area contributed by atoms with Gasteiger partial charge in [0.05, 0.1) is 23.4 Å². The standard InChI is InChI=1S/C14H15ClN2O3/c1-4-20-14(19)13-8(2)17(16-9(3)18)12-6-5-10(15)7-11(12)13/h5-7H,4H2,1-3H3,(H,16,18). The Morgan fingerprint density at radius 3 is 2.70 bits per heavy atom. The highest BCUT2D eigenvalue weighted by atomic mass is 35.5. The van der Waals surface area contributed by atoms with Crippen molar-refractivity contribution in [3.8, 4) is 0 Å². The fraction of sp³-hybridized carbons (Fsp3) is 0.286. The maximum Gasteiger partial charge on any atom is 0.340 e. The number of hydrogen-bond acceptors (Lipinski definition) is 3. The van der Waals surface area contributed by atoms with Gasteiger partial charge in [0.15, 0.2) is 0 Å². The lowest BCUT2D eigenvalue weighted by Crippen LogP contribution is -2.21. The number of amides is 1. The Bertz CT molecular complexity index is 691. The Morgan fingerprint density at radius 1 is 1.40 bits per heavy atom. The van der Waals surface area contributed by atoms with Crippen LogP contribution in [0.25, 0.3) is 10.9 Å². The van der Waals surface area contributed by atoms with Crippen LogP contribution in [0.2, 0.25) is 5.02 Å². The van der Waals surface area contributed by atoms with Gasteiger partial charge in [-0.25, -0.2) is 4.79 Å². The second-order valence-corrected chi connectivity index (χ2v) is 4.78. The molecule has 1 N–H and O–H groups in total. The van der Waals surface area contributed by atoms with Crippen LogP contribution in [0.4, 0.5) is 0 Å². The van der Waals surface area contributed by atoms with Crippen LogP contribution in [0.1, 0.15) is 29.9 Å². The summed E-state index contributed by atoms with van der Waals surface area (Å²) in [4.78, 5) is 23.4. The van der Waals surface area contributed by atoms with Crippen LogP contribution < -0.4 is 5.43 Å². The highest BCUT2D eigenvalue weighted by Crippen LogP contribution is 2.28. The van der Waals surface area contributed by atoms with Crippen molar-refractivity contribution in [2.24, 2.45) is 0 Å². The number of ether oxygens (including phenoxy) is 1. The molecule has 0 saturated heterocycles. The summed E-state index contributed by atoms with van der Waals surface area (Å²) in [6.07, 6.45) is 0. The number of hydrogen-bond donors (Lipinski definition) is 1. The molecule has 0 radical (unpaired) electrons. The van der Waals surface area contributed by atoms with Gasteiger partial charge in [-0.2, -0.15) is 0 Å². The third-order valence-corrected chi connectivity index (χ3v) is 3.15. The summed E-state index contributed by atoms with van der Waals surface area (Å²) in [6.45, 7) is 5.18. The second kappa shape index (κ2) is 5.54. The molecule has 1 aromatic heterocycles. The van der Waals surface area contributed by atoms with Crippen LogP contribution in [-0.4, -0.2) is 23.2 Å². The summed E-state index contributed by atoms with van der Waals surface area (Å²) in [7, 11) is 0. The molecule has 1 amide bonds. The molecule has 1 heterocycles. The monoisotopic (exact) mass is 294 g/mol. The third-order valence-electron chi connectivity index (χ3n) is 2.91. The zero-order valence-electron chi connectivity index (χ0n) is 11.5. The lowest BCUT2D eigenvalue weighted by atomic mass is 10.1. The molecule has 0 fully saturated rings. The van der Waals surface area contributed by atoms with Gasteiger partial charge >= 0.3 is 5.97 Å². The first kappa shape index (κ1) is 14.4. The van der Waals surface area contributed by atoms with E-state index in [1.54, 1.807) is 36.7 Å². The fourth-order valence-corrected chi connectivity index (χ4v) is 2.33. The molecule has 0 unspecified atom stereocenters. The SMILES string of the molecule is CCOC(=O)c1c(C)n(NC(C)=O)c2ccc(Cl)cc12. The number of aromatic nitrogens is 1. The third kappa shape index (κ3) is 2.49. The van der Waals surface area contributed by atoms with E-state index >= 15 is 0 Å². The van der Waals surface area contributed by atoms with Gasteiger partial charge in [-0.1, -0.05) is 11.6 Å². The predicted molar refractivity (Wildman–Crippen MR) is 77.7 cm³/mol. The zero-order chi connectivity index (χ0) is 14.9. The van der Waals surface area contributed by atoms with E-state index in [0.29, 0.717) is 27.2 Å². The molecular formula is C14H15ClN2O3. The highest BCUT2D eigenvalue weighted by molar-refractivity contribution is 6.31. The number of esters is 1. The van der Waals surface area contributed by atoms with Crippen molar-refractivity contribution in [3.63, 3.8) is 0 Å². The summed E-state index contributed by atoms with van der Waals surface area (Å²) in [5.74, 6) is -0.656. The number of halogens is 1. The number of carbonyl (C=O) groups is 2. The maximum atomic E-state index is 12.1. The van der Waals surface area contributed by atoms with Gasteiger partial charge in [0.25, 0.3) is 0 Å². The molecule has 0 atom stereocenters. The van der Waals surface area contributed by atoms with E-state index in [1.807, 2.05) is 0 Å². The molecule has 0 saturated carbocycles. The zero-order valence-corrected chi connectivity index (χ0v) is 12.2. The maximum absolute atomic E-state index is 12.1. The number of fused-ring (bicyclic) bond motifs is 1. The highest BCUT2D eigenvalue weighted by Gasteiger charge is 2.21. The van der Waals surface area contributed by atoms with Crippen LogP contribution >= 0.6 is 11.6 Å². The van der Waals surface area contributed by atoms with E-state index in [4.69, 9.17) is 16.3 Å². The Labute approximate surface area is 121 Å². The summed E-state index contributed by atoms with van der Waals surface area (Å²) in [5.41, 5.74) is 4.40. The minimum absolute atomic E-state index is 0.227. The first-order chi connectivity index (χ1) is 9.45. The van der Waals surface area contributed by atoms with Crippen LogP contribution in [0.3, 0.4) is 0 Å². The van der Waals surface area contributed by atoms with Gasteiger partial charge in [0, 0.05) is 17.3 Å². The fourth-order valence-electron chi connectivity index (χ4n) is 2.15. The molecule has 20 heavy (non-hydrogen) atoms. The molecular weight excluding hydrogens is 280 g/mol. The first-order valence-corrected chi connectivity index (χ1v) is 6.58. The van der Waals surface area contributed by atoms with Crippen molar-refractivity contribution in [2.75, 3.05) is 12.0 Å². The summed E-state index contributed by atoms with van der Waals surface area (Å²) in [6, 6.07) is 5.15. The number of carbonyl (C=O) groups excluding carboxylic acids is 2. The molecule has 0 aliphatic carbocycles. The average Bonchev–Trinajstić information content (AvgIpc) is 2.61. The quantitative estimate of drug-likeness (QED) is 0.886. The lowest BCUT2D eigenvalue weighted by Gasteiger charge is -2.08. The van der Waals surface area contributed by atoms with E-state index in [0.717, 1.165) is 0 Å². The molecule has 0 aliphatic heterocycles. The Hall–Kier alpha value is -2.01. The van der Waals surface area contributed by atoms with Gasteiger partial charge in [-0.05, 0) is 32.0 Å². The second-order valence-electron chi connectivity index (χ2n) is 4.35. The van der Waals surface area contributed by atoms with Gasteiger partial charge in [-0.15, -0.1) is 0 Å². The Morgan fingerprint density at radius 2 is 2.10 bits per heavy atom. The van der Waals surface area contributed by atoms with Gasteiger partial charge in [-0.3, -0.25) is 14.9 Å². The van der Waals surface area contributed by atoms with Crippen molar-refractivity contribution in [3.05, 3.63) is 34.5 Å². The van der Waals surface area contributed by atoms with Crippen molar-refractivity contribution in [2.45, 2.75) is 20.8 Å². The molecule has 1 aromatic carbocycles. The number of rotatable bonds is 3. The van der Waals surface area contributed by atoms with E-state index in [2.05, 4.69) is 5.43 Å². The summed E-state index contributed by atoms with van der Waals surface area (Å²) in [5, 5.41) is 1.17. The molecule has 0 aliphatic rings. The minimum atomic E-state index is -0.429. The topological polar surface area (TPSA) is 60.3 Å². The normalized spacial score (nSPS) is 10.6. The van der Waals surface area contributed by atoms with Crippen LogP contribution in [0, 0.1) is 6.92 Å². The van der Waals surface area contributed by atoms with Crippen LogP contribution in [-0.2, 0) is 9.53 Å². The average molecular weight is 295 g/mol. The lowest BCUT2D eigenvalue weighted by molar-refractivity contribution is -0.115. The van der Waals surface area contributed by atoms with E-state index in [-0.39, 0.29) is 12.5 Å². The number of benzene rings is 1. The molecule has 106 valence electrons. The summed E-state index contributed by atoms with van der Waals surface area (Å²) < 4.78 is 6.64. The van der Waals surface area contributed by atoms with E-state index in [9.17, 15) is 9.59 Å². The predicted octanol–water partition coefficient (Wildman–Crippen LogP) is 2.87. The van der Waals surface area contributed by atoms with Crippen molar-refractivity contribution in [1.82, 2.24) is 4.68 Å². The largest absolute Gasteiger partial charge is 0.462 e. The van der Waals surface area contributed by atoms with Gasteiger partial charge < -0.3 is 4.74 Å². The molecule has 6 heteroatoms. The first-order valence-electron chi connectivity index (χ1n) is 6.21. The minimum Gasteiger partial charge on any atom is -0.462 e. The van der Waals surface area contributed by atoms with Gasteiger partial charge in [0.2, 0.25) is 5.91 Å². The smallest absolute Gasteiger partial charge is 0.340 e. The van der Waals surface area contributed by atoms with Crippen molar-refractivity contribution < 1.29 is 14.3 Å². The molecule has 2 rings (SSSR count). The Kier molecular flexibility index (Phi) is 3.99. The Balaban J connectivity index is 2.72. The van der Waals surface area contributed by atoms with Crippen molar-refractivity contribution in [1.29, 1.82) is 0 Å². The molecule has 2 aromatic rings. The van der Waals surface area contributed by atoms with Gasteiger partial charge in [0.1, 0.15) is 0 Å².